The van der Waals surface area contributed by atoms with E-state index in [2.05, 4.69) is 14.7 Å². The Morgan fingerprint density at radius 2 is 1.85 bits per heavy atom. The Morgan fingerprint density at radius 1 is 1.25 bits per heavy atom. The smallest absolute Gasteiger partial charge is 0.337 e. The molecule has 0 fully saturated rings. The summed E-state index contributed by atoms with van der Waals surface area (Å²) in [6.45, 7) is 0.784. The molecule has 8 heteroatoms. The van der Waals surface area contributed by atoms with Gasteiger partial charge in [-0.15, -0.1) is 0 Å². The van der Waals surface area contributed by atoms with Crippen molar-refractivity contribution < 1.29 is 17.7 Å². The molecule has 0 radical (unpaired) electrons. The van der Waals surface area contributed by atoms with Crippen LogP contribution >= 0.6 is 11.6 Å². The fraction of sp³-hybridized carbons (Fsp3) is 0.333. The van der Waals surface area contributed by atoms with Crippen molar-refractivity contribution in [2.24, 2.45) is 5.73 Å². The van der Waals surface area contributed by atoms with Gasteiger partial charge >= 0.3 is 6.18 Å². The first kappa shape index (κ1) is 14.8. The molecule has 20 heavy (non-hydrogen) atoms. The third-order valence-electron chi connectivity index (χ3n) is 2.78. The van der Waals surface area contributed by atoms with Crippen LogP contribution in [0.1, 0.15) is 24.2 Å². The lowest BCUT2D eigenvalue weighted by Gasteiger charge is -2.22. The van der Waals surface area contributed by atoms with Crippen LogP contribution in [0.5, 0.6) is 0 Å². The van der Waals surface area contributed by atoms with Crippen molar-refractivity contribution in [2.75, 3.05) is 0 Å². The van der Waals surface area contributed by atoms with Crippen molar-refractivity contribution in [1.82, 2.24) is 10.1 Å². The van der Waals surface area contributed by atoms with Crippen molar-refractivity contribution in [3.05, 3.63) is 46.6 Å². The summed E-state index contributed by atoms with van der Waals surface area (Å²) in [6.07, 6.45) is -4.44. The molecular weight excluding hydrogens is 295 g/mol. The molecule has 108 valence electrons. The molecule has 1 aromatic heterocycles. The first-order valence-corrected chi connectivity index (χ1v) is 6.01. The van der Waals surface area contributed by atoms with Gasteiger partial charge in [0, 0.05) is 11.4 Å². The highest BCUT2D eigenvalue weighted by atomic mass is 35.5. The molecule has 1 heterocycles. The predicted octanol–water partition coefficient (Wildman–Crippen LogP) is 3.05. The van der Waals surface area contributed by atoms with E-state index in [-0.39, 0.29) is 12.2 Å². The molecule has 4 nitrogen and oxygen atoms in total. The van der Waals surface area contributed by atoms with E-state index in [1.165, 1.54) is 0 Å². The van der Waals surface area contributed by atoms with Crippen LogP contribution in [0, 0.1) is 0 Å². The Kier molecular flexibility index (Phi) is 3.75. The van der Waals surface area contributed by atoms with Crippen molar-refractivity contribution >= 4 is 11.6 Å². The standard InChI is InChI=1S/C12H11ClF3N3O/c1-11(17,12(14,15)16)10-18-9(19-20-10)6-7-2-4-8(13)5-3-7/h2-5H,6,17H2,1H3. The van der Waals surface area contributed by atoms with Gasteiger partial charge in [-0.3, -0.25) is 0 Å². The van der Waals surface area contributed by atoms with E-state index in [1.54, 1.807) is 24.3 Å². The van der Waals surface area contributed by atoms with Gasteiger partial charge in [0.1, 0.15) is 0 Å². The molecular formula is C12H11ClF3N3O. The number of nitrogens with two attached hydrogens (primary N) is 1. The second-order valence-electron chi connectivity index (χ2n) is 4.52. The van der Waals surface area contributed by atoms with Crippen molar-refractivity contribution in [2.45, 2.75) is 25.1 Å². The number of rotatable bonds is 3. The van der Waals surface area contributed by atoms with E-state index in [1.807, 2.05) is 0 Å². The number of aromatic nitrogens is 2. The maximum absolute atomic E-state index is 12.7. The summed E-state index contributed by atoms with van der Waals surface area (Å²) in [7, 11) is 0. The van der Waals surface area contributed by atoms with Crippen LogP contribution in [0.25, 0.3) is 0 Å². The van der Waals surface area contributed by atoms with Gasteiger partial charge in [0.25, 0.3) is 5.89 Å². The third kappa shape index (κ3) is 2.94. The molecule has 0 aliphatic rings. The minimum atomic E-state index is -4.67. The molecule has 1 unspecified atom stereocenters. The molecule has 1 aromatic carbocycles. The van der Waals surface area contributed by atoms with E-state index in [0.29, 0.717) is 5.02 Å². The van der Waals surface area contributed by atoms with E-state index >= 15 is 0 Å². The number of halogens is 4. The van der Waals surface area contributed by atoms with Crippen LogP contribution in [-0.2, 0) is 12.0 Å². The number of hydrogen-bond acceptors (Lipinski definition) is 4. The van der Waals surface area contributed by atoms with Gasteiger partial charge < -0.3 is 10.3 Å². The van der Waals surface area contributed by atoms with Gasteiger partial charge in [0.2, 0.25) is 0 Å². The van der Waals surface area contributed by atoms with Crippen LogP contribution in [0.2, 0.25) is 5.02 Å². The summed E-state index contributed by atoms with van der Waals surface area (Å²) in [5.74, 6) is -0.530. The Hall–Kier alpha value is -1.60. The van der Waals surface area contributed by atoms with Crippen LogP contribution in [0.15, 0.2) is 28.8 Å². The van der Waals surface area contributed by atoms with Gasteiger partial charge in [-0.2, -0.15) is 18.2 Å². The summed E-state index contributed by atoms with van der Waals surface area (Å²) in [5, 5.41) is 4.08. The van der Waals surface area contributed by atoms with Crippen molar-refractivity contribution in [3.8, 4) is 0 Å². The van der Waals surface area contributed by atoms with Gasteiger partial charge in [0.05, 0.1) is 0 Å². The lowest BCUT2D eigenvalue weighted by Crippen LogP contribution is -2.48. The van der Waals surface area contributed by atoms with Crippen LogP contribution in [-0.4, -0.2) is 16.3 Å². The normalized spacial score (nSPS) is 15.1. The maximum atomic E-state index is 12.7. The van der Waals surface area contributed by atoms with Gasteiger partial charge in [-0.05, 0) is 24.6 Å². The Morgan fingerprint density at radius 3 is 2.40 bits per heavy atom. The van der Waals surface area contributed by atoms with E-state index in [4.69, 9.17) is 17.3 Å². The van der Waals surface area contributed by atoms with E-state index in [9.17, 15) is 13.2 Å². The lowest BCUT2D eigenvalue weighted by atomic mass is 10.0. The van der Waals surface area contributed by atoms with Crippen molar-refractivity contribution in [1.29, 1.82) is 0 Å². The Bertz CT molecular complexity index is 593. The molecule has 1 atom stereocenters. The zero-order valence-electron chi connectivity index (χ0n) is 10.4. The largest absolute Gasteiger partial charge is 0.415 e. The summed E-state index contributed by atoms with van der Waals surface area (Å²) >= 11 is 5.74. The molecule has 0 spiro atoms. The zero-order valence-corrected chi connectivity index (χ0v) is 11.2. The zero-order chi connectivity index (χ0) is 15.0. The lowest BCUT2D eigenvalue weighted by molar-refractivity contribution is -0.190. The second kappa shape index (κ2) is 5.06. The summed E-state index contributed by atoms with van der Waals surface area (Å²) in [4.78, 5) is 3.71. The molecule has 0 bridgehead atoms. The third-order valence-corrected chi connectivity index (χ3v) is 3.03. The summed E-state index contributed by atoms with van der Waals surface area (Å²) in [5.41, 5.74) is 3.33. The average Bonchev–Trinajstić information content (AvgIpc) is 2.80. The highest BCUT2D eigenvalue weighted by molar-refractivity contribution is 6.30. The Labute approximate surface area is 117 Å². The minimum Gasteiger partial charge on any atom is -0.337 e. The number of hydrogen-bond donors (Lipinski definition) is 1. The van der Waals surface area contributed by atoms with Crippen LogP contribution < -0.4 is 5.73 Å². The van der Waals surface area contributed by atoms with Gasteiger partial charge in [-0.25, -0.2) is 0 Å². The molecule has 0 amide bonds. The topological polar surface area (TPSA) is 64.9 Å². The monoisotopic (exact) mass is 305 g/mol. The molecule has 0 aliphatic carbocycles. The number of alkyl halides is 3. The molecule has 2 rings (SSSR count). The fourth-order valence-corrected chi connectivity index (χ4v) is 1.57. The molecule has 0 aliphatic heterocycles. The van der Waals surface area contributed by atoms with Gasteiger partial charge in [-0.1, -0.05) is 28.9 Å². The molecule has 2 N–H and O–H groups in total. The maximum Gasteiger partial charge on any atom is 0.415 e. The van der Waals surface area contributed by atoms with Crippen LogP contribution in [0.4, 0.5) is 13.2 Å². The second-order valence-corrected chi connectivity index (χ2v) is 4.96. The summed E-state index contributed by atoms with van der Waals surface area (Å²) in [6, 6.07) is 6.79. The number of nitrogens with zero attached hydrogens (tertiary/aromatic N) is 2. The number of benzene rings is 1. The van der Waals surface area contributed by atoms with Crippen molar-refractivity contribution in [3.63, 3.8) is 0 Å². The minimum absolute atomic E-state index is 0.128. The summed E-state index contributed by atoms with van der Waals surface area (Å²) < 4.78 is 42.8. The van der Waals surface area contributed by atoms with Gasteiger partial charge in [0.15, 0.2) is 11.4 Å². The van der Waals surface area contributed by atoms with Crippen LogP contribution in [0.3, 0.4) is 0 Å². The van der Waals surface area contributed by atoms with E-state index < -0.39 is 17.6 Å². The highest BCUT2D eigenvalue weighted by Gasteiger charge is 2.53. The highest BCUT2D eigenvalue weighted by Crippen LogP contribution is 2.35. The molecule has 2 aromatic rings. The Balaban J connectivity index is 2.19. The average molecular weight is 306 g/mol. The fourth-order valence-electron chi connectivity index (χ4n) is 1.44. The predicted molar refractivity (Wildman–Crippen MR) is 66.2 cm³/mol. The quantitative estimate of drug-likeness (QED) is 0.946. The SMILES string of the molecule is CC(N)(c1nc(Cc2ccc(Cl)cc2)no1)C(F)(F)F. The first-order valence-electron chi connectivity index (χ1n) is 5.63. The molecule has 0 saturated heterocycles. The van der Waals surface area contributed by atoms with E-state index in [0.717, 1.165) is 12.5 Å². The first-order chi connectivity index (χ1) is 9.20. The molecule has 0 saturated carbocycles.